The molecule has 1 aromatic carbocycles. The van der Waals surface area contributed by atoms with E-state index in [2.05, 4.69) is 0 Å². The van der Waals surface area contributed by atoms with Gasteiger partial charge in [-0.25, -0.2) is 4.79 Å². The molecule has 1 rings (SSSR count). The lowest BCUT2D eigenvalue weighted by Crippen LogP contribution is -2.32. The first-order chi connectivity index (χ1) is 7.16. The Kier molecular flexibility index (Phi) is 4.00. The van der Waals surface area contributed by atoms with E-state index in [0.717, 1.165) is 0 Å². The van der Waals surface area contributed by atoms with Crippen LogP contribution in [-0.4, -0.2) is 29.6 Å². The number of aliphatic carboxylic acids is 1. The van der Waals surface area contributed by atoms with Crippen LogP contribution in [0.1, 0.15) is 17.3 Å². The summed E-state index contributed by atoms with van der Waals surface area (Å²) in [7, 11) is 0. The van der Waals surface area contributed by atoms with Gasteiger partial charge in [0.25, 0.3) is 0 Å². The highest BCUT2D eigenvalue weighted by Gasteiger charge is 2.27. The molecule has 4 heteroatoms. The molecule has 1 N–H and O–H groups in total. The lowest BCUT2D eigenvalue weighted by atomic mass is 10.1. The molecule has 0 bridgehead atoms. The number of carboxylic acid groups (broad SMARTS) is 1. The molecule has 0 spiro atoms. The molecule has 1 atom stereocenters. The van der Waals surface area contributed by atoms with Crippen LogP contribution in [0, 0.1) is 0 Å². The molecule has 0 aliphatic rings. The van der Waals surface area contributed by atoms with Gasteiger partial charge in [-0.15, -0.1) is 0 Å². The molecule has 0 fully saturated rings. The number of benzene rings is 1. The zero-order valence-corrected chi connectivity index (χ0v) is 8.34. The average Bonchev–Trinajstić information content (AvgIpc) is 2.26. The summed E-state index contributed by atoms with van der Waals surface area (Å²) in [5.41, 5.74) is 0.346. The van der Waals surface area contributed by atoms with Crippen LogP contribution in [0.4, 0.5) is 0 Å². The standard InChI is InChI=1S/C11H12O4/c1-2-15-10(11(13)14)9(12)8-6-4-3-5-7-8/h3-7,10H,2H2,1H3,(H,13,14). The molecule has 0 amide bonds. The van der Waals surface area contributed by atoms with E-state index >= 15 is 0 Å². The number of carbonyl (C=O) groups excluding carboxylic acids is 1. The number of rotatable bonds is 5. The lowest BCUT2D eigenvalue weighted by Gasteiger charge is -2.10. The summed E-state index contributed by atoms with van der Waals surface area (Å²) in [6.07, 6.45) is -1.41. The largest absolute Gasteiger partial charge is 0.479 e. The molecule has 0 aromatic heterocycles. The molecule has 80 valence electrons. The van der Waals surface area contributed by atoms with Gasteiger partial charge in [0, 0.05) is 12.2 Å². The van der Waals surface area contributed by atoms with Gasteiger partial charge in [-0.05, 0) is 6.92 Å². The van der Waals surface area contributed by atoms with Gasteiger partial charge in [0.05, 0.1) is 0 Å². The summed E-state index contributed by atoms with van der Waals surface area (Å²) >= 11 is 0. The SMILES string of the molecule is CCOC(C(=O)O)C(=O)c1ccccc1. The average molecular weight is 208 g/mol. The predicted molar refractivity (Wildman–Crippen MR) is 53.8 cm³/mol. The van der Waals surface area contributed by atoms with Crippen molar-refractivity contribution in [3.63, 3.8) is 0 Å². The Balaban J connectivity index is 2.86. The molecular weight excluding hydrogens is 196 g/mol. The van der Waals surface area contributed by atoms with Crippen molar-refractivity contribution in [1.82, 2.24) is 0 Å². The summed E-state index contributed by atoms with van der Waals surface area (Å²) in [6.45, 7) is 1.84. The van der Waals surface area contributed by atoms with Crippen LogP contribution in [0.5, 0.6) is 0 Å². The molecule has 0 radical (unpaired) electrons. The molecule has 0 aliphatic carbocycles. The lowest BCUT2D eigenvalue weighted by molar-refractivity contribution is -0.146. The molecule has 4 nitrogen and oxygen atoms in total. The Morgan fingerprint density at radius 1 is 1.33 bits per heavy atom. The van der Waals surface area contributed by atoms with Gasteiger partial charge in [0.1, 0.15) is 0 Å². The predicted octanol–water partition coefficient (Wildman–Crippen LogP) is 1.36. The fourth-order valence-corrected chi connectivity index (χ4v) is 1.18. The Labute approximate surface area is 87.5 Å². The third kappa shape index (κ3) is 2.89. The number of ketones is 1. The zero-order chi connectivity index (χ0) is 11.3. The summed E-state index contributed by atoms with van der Waals surface area (Å²) in [5.74, 6) is -1.78. The van der Waals surface area contributed by atoms with Gasteiger partial charge in [-0.3, -0.25) is 4.79 Å². The van der Waals surface area contributed by atoms with Crippen molar-refractivity contribution in [2.24, 2.45) is 0 Å². The maximum atomic E-state index is 11.7. The van der Waals surface area contributed by atoms with E-state index in [4.69, 9.17) is 9.84 Å². The van der Waals surface area contributed by atoms with Crippen LogP contribution in [0.15, 0.2) is 30.3 Å². The fraction of sp³-hybridized carbons (Fsp3) is 0.273. The minimum Gasteiger partial charge on any atom is -0.479 e. The highest BCUT2D eigenvalue weighted by molar-refractivity contribution is 6.10. The summed E-state index contributed by atoms with van der Waals surface area (Å²) in [6, 6.07) is 8.25. The summed E-state index contributed by atoms with van der Waals surface area (Å²) in [4.78, 5) is 22.4. The summed E-state index contributed by atoms with van der Waals surface area (Å²) in [5, 5.41) is 8.79. The van der Waals surface area contributed by atoms with E-state index in [9.17, 15) is 9.59 Å². The molecule has 0 heterocycles. The zero-order valence-electron chi connectivity index (χ0n) is 8.34. The van der Waals surface area contributed by atoms with Crippen LogP contribution < -0.4 is 0 Å². The Bertz CT molecular complexity index is 345. The van der Waals surface area contributed by atoms with Crippen molar-refractivity contribution >= 4 is 11.8 Å². The Hall–Kier alpha value is -1.68. The Morgan fingerprint density at radius 3 is 2.40 bits per heavy atom. The number of ether oxygens (including phenoxy) is 1. The van der Waals surface area contributed by atoms with E-state index in [-0.39, 0.29) is 6.61 Å². The number of carboxylic acids is 1. The first kappa shape index (κ1) is 11.4. The van der Waals surface area contributed by atoms with E-state index in [1.165, 1.54) is 0 Å². The van der Waals surface area contributed by atoms with E-state index < -0.39 is 17.9 Å². The monoisotopic (exact) mass is 208 g/mol. The molecular formula is C11H12O4. The van der Waals surface area contributed by atoms with Crippen molar-refractivity contribution in [2.45, 2.75) is 13.0 Å². The van der Waals surface area contributed by atoms with Gasteiger partial charge in [0.2, 0.25) is 11.9 Å². The second-order valence-corrected chi connectivity index (χ2v) is 2.90. The van der Waals surface area contributed by atoms with Crippen molar-refractivity contribution in [3.05, 3.63) is 35.9 Å². The second-order valence-electron chi connectivity index (χ2n) is 2.90. The molecule has 15 heavy (non-hydrogen) atoms. The van der Waals surface area contributed by atoms with Crippen molar-refractivity contribution < 1.29 is 19.4 Å². The van der Waals surface area contributed by atoms with E-state index in [1.54, 1.807) is 37.3 Å². The molecule has 0 saturated heterocycles. The molecule has 1 unspecified atom stereocenters. The van der Waals surface area contributed by atoms with Crippen LogP contribution >= 0.6 is 0 Å². The smallest absolute Gasteiger partial charge is 0.341 e. The fourth-order valence-electron chi connectivity index (χ4n) is 1.18. The second kappa shape index (κ2) is 5.26. The van der Waals surface area contributed by atoms with Gasteiger partial charge in [0.15, 0.2) is 0 Å². The van der Waals surface area contributed by atoms with Gasteiger partial charge in [-0.2, -0.15) is 0 Å². The van der Waals surface area contributed by atoms with E-state index in [1.807, 2.05) is 0 Å². The highest BCUT2D eigenvalue weighted by Crippen LogP contribution is 2.06. The normalized spacial score (nSPS) is 12.1. The van der Waals surface area contributed by atoms with Crippen LogP contribution in [0.25, 0.3) is 0 Å². The van der Waals surface area contributed by atoms with Crippen LogP contribution in [-0.2, 0) is 9.53 Å². The van der Waals surface area contributed by atoms with Gasteiger partial charge >= 0.3 is 5.97 Å². The molecule has 1 aromatic rings. The number of hydrogen-bond donors (Lipinski definition) is 1. The van der Waals surface area contributed by atoms with Gasteiger partial charge in [-0.1, -0.05) is 30.3 Å². The molecule has 0 aliphatic heterocycles. The minimum absolute atomic E-state index is 0.190. The first-order valence-corrected chi connectivity index (χ1v) is 4.60. The maximum absolute atomic E-state index is 11.7. The number of carbonyl (C=O) groups is 2. The van der Waals surface area contributed by atoms with Gasteiger partial charge < -0.3 is 9.84 Å². The first-order valence-electron chi connectivity index (χ1n) is 4.60. The minimum atomic E-state index is -1.41. The topological polar surface area (TPSA) is 63.6 Å². The highest BCUT2D eigenvalue weighted by atomic mass is 16.5. The van der Waals surface area contributed by atoms with Crippen LogP contribution in [0.2, 0.25) is 0 Å². The maximum Gasteiger partial charge on any atom is 0.341 e. The van der Waals surface area contributed by atoms with Crippen molar-refractivity contribution in [1.29, 1.82) is 0 Å². The van der Waals surface area contributed by atoms with Crippen molar-refractivity contribution in [3.8, 4) is 0 Å². The number of Topliss-reactive ketones (excluding diaryl/α,β-unsaturated/α-hetero) is 1. The molecule has 0 saturated carbocycles. The van der Waals surface area contributed by atoms with E-state index in [0.29, 0.717) is 5.56 Å². The van der Waals surface area contributed by atoms with Crippen molar-refractivity contribution in [2.75, 3.05) is 6.61 Å². The summed E-state index contributed by atoms with van der Waals surface area (Å²) < 4.78 is 4.87. The third-order valence-corrected chi connectivity index (χ3v) is 1.85. The third-order valence-electron chi connectivity index (χ3n) is 1.85. The number of hydrogen-bond acceptors (Lipinski definition) is 3. The van der Waals surface area contributed by atoms with Crippen LogP contribution in [0.3, 0.4) is 0 Å². The Morgan fingerprint density at radius 2 is 1.93 bits per heavy atom. The quantitative estimate of drug-likeness (QED) is 0.586.